The van der Waals surface area contributed by atoms with Gasteiger partial charge in [0.1, 0.15) is 6.04 Å². The van der Waals surface area contributed by atoms with Crippen molar-refractivity contribution >= 4 is 11.9 Å². The van der Waals surface area contributed by atoms with E-state index in [1.165, 1.54) is 6.92 Å². The molecular formula is C11H19NO4. The second kappa shape index (κ2) is 6.48. The number of amides is 1. The normalized spacial score (nSPS) is 19.1. The van der Waals surface area contributed by atoms with Gasteiger partial charge in [0, 0.05) is 19.6 Å². The average Bonchev–Trinajstić information content (AvgIpc) is 2.27. The minimum Gasteiger partial charge on any atom is -0.480 e. The zero-order chi connectivity index (χ0) is 12.0. The summed E-state index contributed by atoms with van der Waals surface area (Å²) in [6.45, 7) is 3.02. The quantitative estimate of drug-likeness (QED) is 0.730. The van der Waals surface area contributed by atoms with Crippen molar-refractivity contribution in [1.29, 1.82) is 0 Å². The first-order chi connectivity index (χ1) is 7.59. The molecule has 1 rings (SSSR count). The van der Waals surface area contributed by atoms with Crippen LogP contribution in [0, 0.1) is 5.92 Å². The number of carbonyl (C=O) groups is 2. The first-order valence-corrected chi connectivity index (χ1v) is 5.69. The first kappa shape index (κ1) is 13.0. The SMILES string of the molecule is C[C@@H](NC(=O)CCC1CCOCC1)C(=O)O. The largest absolute Gasteiger partial charge is 0.480 e. The highest BCUT2D eigenvalue weighted by Gasteiger charge is 2.17. The smallest absolute Gasteiger partial charge is 0.325 e. The highest BCUT2D eigenvalue weighted by molar-refractivity contribution is 5.83. The van der Waals surface area contributed by atoms with Crippen molar-refractivity contribution in [2.75, 3.05) is 13.2 Å². The second-order valence-corrected chi connectivity index (χ2v) is 4.22. The molecule has 1 aliphatic rings. The first-order valence-electron chi connectivity index (χ1n) is 5.69. The number of carbonyl (C=O) groups excluding carboxylic acids is 1. The van der Waals surface area contributed by atoms with Crippen LogP contribution in [0.25, 0.3) is 0 Å². The summed E-state index contributed by atoms with van der Waals surface area (Å²) < 4.78 is 5.22. The maximum absolute atomic E-state index is 11.4. The molecule has 0 spiro atoms. The Labute approximate surface area is 95.2 Å². The molecular weight excluding hydrogens is 210 g/mol. The molecule has 1 saturated heterocycles. The van der Waals surface area contributed by atoms with E-state index in [1.54, 1.807) is 0 Å². The van der Waals surface area contributed by atoms with Gasteiger partial charge in [-0.05, 0) is 32.1 Å². The number of ether oxygens (including phenoxy) is 1. The zero-order valence-corrected chi connectivity index (χ0v) is 9.57. The molecule has 1 fully saturated rings. The van der Waals surface area contributed by atoms with Crippen molar-refractivity contribution in [3.05, 3.63) is 0 Å². The van der Waals surface area contributed by atoms with Crippen LogP contribution in [-0.4, -0.2) is 36.2 Å². The molecule has 1 amide bonds. The fraction of sp³-hybridized carbons (Fsp3) is 0.818. The van der Waals surface area contributed by atoms with E-state index >= 15 is 0 Å². The lowest BCUT2D eigenvalue weighted by atomic mass is 9.95. The number of carboxylic acid groups (broad SMARTS) is 1. The Kier molecular flexibility index (Phi) is 5.25. The molecule has 0 bridgehead atoms. The summed E-state index contributed by atoms with van der Waals surface area (Å²) in [5, 5.41) is 11.1. The Morgan fingerprint density at radius 2 is 2.06 bits per heavy atom. The maximum atomic E-state index is 11.4. The van der Waals surface area contributed by atoms with Gasteiger partial charge in [0.15, 0.2) is 0 Å². The van der Waals surface area contributed by atoms with E-state index in [-0.39, 0.29) is 5.91 Å². The summed E-state index contributed by atoms with van der Waals surface area (Å²) in [5.74, 6) is -0.638. The average molecular weight is 229 g/mol. The van der Waals surface area contributed by atoms with Crippen molar-refractivity contribution in [3.8, 4) is 0 Å². The van der Waals surface area contributed by atoms with Gasteiger partial charge in [0.2, 0.25) is 5.91 Å². The maximum Gasteiger partial charge on any atom is 0.325 e. The van der Waals surface area contributed by atoms with E-state index in [4.69, 9.17) is 9.84 Å². The predicted octanol–water partition coefficient (Wildman–Crippen LogP) is 0.782. The Bertz CT molecular complexity index is 248. The van der Waals surface area contributed by atoms with Crippen LogP contribution in [0.4, 0.5) is 0 Å². The number of rotatable bonds is 5. The van der Waals surface area contributed by atoms with Gasteiger partial charge in [-0.2, -0.15) is 0 Å². The lowest BCUT2D eigenvalue weighted by Crippen LogP contribution is -2.38. The van der Waals surface area contributed by atoms with Crippen molar-refractivity contribution in [1.82, 2.24) is 5.32 Å². The van der Waals surface area contributed by atoms with E-state index in [9.17, 15) is 9.59 Å². The van der Waals surface area contributed by atoms with Gasteiger partial charge in [-0.25, -0.2) is 0 Å². The van der Waals surface area contributed by atoms with Gasteiger partial charge in [-0.15, -0.1) is 0 Å². The lowest BCUT2D eigenvalue weighted by molar-refractivity contribution is -0.141. The third-order valence-corrected chi connectivity index (χ3v) is 2.87. The monoisotopic (exact) mass is 229 g/mol. The van der Waals surface area contributed by atoms with E-state index in [0.717, 1.165) is 32.5 Å². The molecule has 5 nitrogen and oxygen atoms in total. The highest BCUT2D eigenvalue weighted by Crippen LogP contribution is 2.19. The van der Waals surface area contributed by atoms with E-state index in [2.05, 4.69) is 5.32 Å². The standard InChI is InChI=1S/C11H19NO4/c1-8(11(14)15)12-10(13)3-2-9-4-6-16-7-5-9/h8-9H,2-7H2,1H3,(H,12,13)(H,14,15)/t8-/m1/s1. The minimum absolute atomic E-state index is 0.179. The molecule has 0 radical (unpaired) electrons. The third kappa shape index (κ3) is 4.61. The summed E-state index contributed by atoms with van der Waals surface area (Å²) >= 11 is 0. The van der Waals surface area contributed by atoms with E-state index < -0.39 is 12.0 Å². The Morgan fingerprint density at radius 3 is 2.62 bits per heavy atom. The summed E-state index contributed by atoms with van der Waals surface area (Å²) in [4.78, 5) is 21.9. The molecule has 92 valence electrons. The van der Waals surface area contributed by atoms with Gasteiger partial charge in [-0.1, -0.05) is 0 Å². The van der Waals surface area contributed by atoms with Crippen LogP contribution in [0.3, 0.4) is 0 Å². The summed E-state index contributed by atoms with van der Waals surface area (Å²) in [7, 11) is 0. The summed E-state index contributed by atoms with van der Waals surface area (Å²) in [6.07, 6.45) is 3.23. The number of carboxylic acids is 1. The van der Waals surface area contributed by atoms with Crippen molar-refractivity contribution in [2.45, 2.75) is 38.6 Å². The van der Waals surface area contributed by atoms with Crippen LogP contribution in [0.15, 0.2) is 0 Å². The van der Waals surface area contributed by atoms with Crippen LogP contribution in [0.2, 0.25) is 0 Å². The van der Waals surface area contributed by atoms with Crippen LogP contribution in [-0.2, 0) is 14.3 Å². The topological polar surface area (TPSA) is 75.6 Å². The third-order valence-electron chi connectivity index (χ3n) is 2.87. The Hall–Kier alpha value is -1.10. The number of aliphatic carboxylic acids is 1. The van der Waals surface area contributed by atoms with Crippen LogP contribution < -0.4 is 5.32 Å². The molecule has 1 atom stereocenters. The molecule has 0 aromatic heterocycles. The molecule has 16 heavy (non-hydrogen) atoms. The lowest BCUT2D eigenvalue weighted by Gasteiger charge is -2.21. The van der Waals surface area contributed by atoms with E-state index in [0.29, 0.717) is 12.3 Å². The van der Waals surface area contributed by atoms with Gasteiger partial charge in [0.25, 0.3) is 0 Å². The fourth-order valence-electron chi connectivity index (χ4n) is 1.75. The van der Waals surface area contributed by atoms with Gasteiger partial charge in [0.05, 0.1) is 0 Å². The molecule has 1 aliphatic heterocycles. The van der Waals surface area contributed by atoms with Crippen LogP contribution in [0.1, 0.15) is 32.6 Å². The Balaban J connectivity index is 2.16. The highest BCUT2D eigenvalue weighted by atomic mass is 16.5. The fourth-order valence-corrected chi connectivity index (χ4v) is 1.75. The van der Waals surface area contributed by atoms with Gasteiger partial charge in [-0.3, -0.25) is 9.59 Å². The minimum atomic E-state index is -1.00. The van der Waals surface area contributed by atoms with Crippen molar-refractivity contribution < 1.29 is 19.4 Å². The zero-order valence-electron chi connectivity index (χ0n) is 9.57. The number of hydrogen-bond acceptors (Lipinski definition) is 3. The number of hydrogen-bond donors (Lipinski definition) is 2. The molecule has 2 N–H and O–H groups in total. The van der Waals surface area contributed by atoms with Crippen molar-refractivity contribution in [3.63, 3.8) is 0 Å². The van der Waals surface area contributed by atoms with Crippen LogP contribution >= 0.6 is 0 Å². The second-order valence-electron chi connectivity index (χ2n) is 4.22. The molecule has 5 heteroatoms. The van der Waals surface area contributed by atoms with Gasteiger partial charge >= 0.3 is 5.97 Å². The molecule has 1 heterocycles. The van der Waals surface area contributed by atoms with Gasteiger partial charge < -0.3 is 15.2 Å². The van der Waals surface area contributed by atoms with Crippen molar-refractivity contribution in [2.24, 2.45) is 5.92 Å². The van der Waals surface area contributed by atoms with E-state index in [1.807, 2.05) is 0 Å². The molecule has 0 saturated carbocycles. The molecule has 0 aliphatic carbocycles. The molecule has 0 aromatic carbocycles. The molecule has 0 unspecified atom stereocenters. The molecule has 0 aromatic rings. The Morgan fingerprint density at radius 1 is 1.44 bits per heavy atom. The van der Waals surface area contributed by atoms with Crippen LogP contribution in [0.5, 0.6) is 0 Å². The number of nitrogens with one attached hydrogen (secondary N) is 1. The summed E-state index contributed by atoms with van der Waals surface area (Å²) in [5.41, 5.74) is 0. The predicted molar refractivity (Wildman–Crippen MR) is 58.0 cm³/mol. The summed E-state index contributed by atoms with van der Waals surface area (Å²) in [6, 6.07) is -0.804.